The van der Waals surface area contributed by atoms with E-state index in [0.29, 0.717) is 11.3 Å². The van der Waals surface area contributed by atoms with Crippen LogP contribution in [-0.2, 0) is 28.4 Å². The summed E-state index contributed by atoms with van der Waals surface area (Å²) in [6.07, 6.45) is 1.88. The van der Waals surface area contributed by atoms with Gasteiger partial charge >= 0.3 is 5.97 Å². The van der Waals surface area contributed by atoms with Crippen LogP contribution in [0.4, 0.5) is 4.39 Å². The molecule has 0 fully saturated rings. The van der Waals surface area contributed by atoms with Gasteiger partial charge < -0.3 is 10.5 Å². The molecule has 0 aliphatic heterocycles. The number of esters is 1. The number of carbonyl (C=O) groups is 1. The molecule has 2 aromatic rings. The van der Waals surface area contributed by atoms with Gasteiger partial charge in [-0.15, -0.1) is 5.10 Å². The predicted molar refractivity (Wildman–Crippen MR) is 73.9 cm³/mol. The lowest BCUT2D eigenvalue weighted by molar-refractivity contribution is -0.147. The summed E-state index contributed by atoms with van der Waals surface area (Å²) in [6.45, 7) is -0.0281. The molecule has 7 heteroatoms. The maximum atomic E-state index is 13.5. The van der Waals surface area contributed by atoms with Gasteiger partial charge in [0.05, 0.1) is 12.8 Å². The normalized spacial score (nSPS) is 13.7. The summed E-state index contributed by atoms with van der Waals surface area (Å²) in [5.74, 6) is -0.963. The van der Waals surface area contributed by atoms with Gasteiger partial charge in [-0.25, -0.2) is 4.39 Å². The number of methoxy groups -OCH3 is 1. The monoisotopic (exact) mass is 292 g/mol. The van der Waals surface area contributed by atoms with Gasteiger partial charge in [0.15, 0.2) is 0 Å². The summed E-state index contributed by atoms with van der Waals surface area (Å²) in [4.78, 5) is 12.3. The van der Waals surface area contributed by atoms with Crippen molar-refractivity contribution < 1.29 is 13.9 Å². The average Bonchev–Trinajstić information content (AvgIpc) is 2.89. The smallest absolute Gasteiger partial charge is 0.317 e. The van der Waals surface area contributed by atoms with Crippen LogP contribution in [0.1, 0.15) is 11.3 Å². The Morgan fingerprint density at radius 2 is 2.29 bits per heavy atom. The first-order valence-corrected chi connectivity index (χ1v) is 6.41. The molecule has 1 aromatic heterocycles. The molecule has 0 spiro atoms. The third-order valence-electron chi connectivity index (χ3n) is 3.43. The van der Waals surface area contributed by atoms with E-state index in [1.807, 2.05) is 0 Å². The molecule has 0 amide bonds. The molecule has 21 heavy (non-hydrogen) atoms. The van der Waals surface area contributed by atoms with Gasteiger partial charge in [-0.3, -0.25) is 9.48 Å². The number of aromatic nitrogens is 3. The van der Waals surface area contributed by atoms with Gasteiger partial charge in [0.2, 0.25) is 0 Å². The van der Waals surface area contributed by atoms with Gasteiger partial charge in [0.1, 0.15) is 11.2 Å². The van der Waals surface area contributed by atoms with Gasteiger partial charge in [0, 0.05) is 26.2 Å². The first-order chi connectivity index (χ1) is 10.0. The van der Waals surface area contributed by atoms with Crippen molar-refractivity contribution in [2.45, 2.75) is 11.8 Å². The summed E-state index contributed by atoms with van der Waals surface area (Å²) in [5.41, 5.74) is 5.70. The summed E-state index contributed by atoms with van der Waals surface area (Å²) in [5, 5.41) is 7.80. The minimum Gasteiger partial charge on any atom is -0.468 e. The van der Waals surface area contributed by atoms with E-state index in [-0.39, 0.29) is 13.0 Å². The minimum atomic E-state index is -1.19. The van der Waals surface area contributed by atoms with Crippen molar-refractivity contribution >= 4 is 5.97 Å². The van der Waals surface area contributed by atoms with Crippen molar-refractivity contribution in [2.24, 2.45) is 12.8 Å². The van der Waals surface area contributed by atoms with Crippen LogP contribution in [0.15, 0.2) is 30.5 Å². The van der Waals surface area contributed by atoms with Crippen molar-refractivity contribution in [3.8, 4) is 0 Å². The lowest BCUT2D eigenvalue weighted by atomic mass is 9.76. The lowest BCUT2D eigenvalue weighted by Crippen LogP contribution is -2.46. The molecule has 0 saturated carbocycles. The van der Waals surface area contributed by atoms with Gasteiger partial charge in [-0.2, -0.15) is 0 Å². The predicted octanol–water partition coefficient (Wildman–Crippen LogP) is 0.566. The van der Waals surface area contributed by atoms with E-state index in [1.165, 1.54) is 30.0 Å². The summed E-state index contributed by atoms with van der Waals surface area (Å²) >= 11 is 0. The Bertz CT molecular complexity index is 643. The average molecular weight is 292 g/mol. The fourth-order valence-corrected chi connectivity index (χ4v) is 2.33. The highest BCUT2D eigenvalue weighted by molar-refractivity contribution is 5.84. The Labute approximate surface area is 121 Å². The fourth-order valence-electron chi connectivity index (χ4n) is 2.33. The van der Waals surface area contributed by atoms with Crippen LogP contribution in [0.2, 0.25) is 0 Å². The lowest BCUT2D eigenvalue weighted by Gasteiger charge is -2.29. The molecule has 1 heterocycles. The Hall–Kier alpha value is -2.28. The minimum absolute atomic E-state index is 0.0281. The molecule has 0 bridgehead atoms. The highest BCUT2D eigenvalue weighted by atomic mass is 19.1. The molecule has 6 nitrogen and oxygen atoms in total. The summed E-state index contributed by atoms with van der Waals surface area (Å²) < 4.78 is 19.9. The maximum Gasteiger partial charge on any atom is 0.317 e. The van der Waals surface area contributed by atoms with Crippen molar-refractivity contribution in [2.75, 3.05) is 13.7 Å². The Morgan fingerprint density at radius 1 is 1.52 bits per heavy atom. The standard InChI is InChI=1S/C14H17FN4O2/c1-19-8-12(17-18-19)7-14(9-16,13(20)21-2)10-4-3-5-11(15)6-10/h3-6,8H,7,9,16H2,1-2H3. The number of hydrogen-bond acceptors (Lipinski definition) is 5. The third kappa shape index (κ3) is 2.92. The maximum absolute atomic E-state index is 13.5. The molecule has 2 N–H and O–H groups in total. The molecule has 112 valence electrons. The zero-order valence-corrected chi connectivity index (χ0v) is 11.9. The molecule has 1 unspecified atom stereocenters. The number of nitrogens with two attached hydrogens (primary N) is 1. The Balaban J connectivity index is 2.50. The number of ether oxygens (including phenoxy) is 1. The van der Waals surface area contributed by atoms with Crippen LogP contribution in [0.25, 0.3) is 0 Å². The van der Waals surface area contributed by atoms with Crippen LogP contribution >= 0.6 is 0 Å². The largest absolute Gasteiger partial charge is 0.468 e. The highest BCUT2D eigenvalue weighted by Gasteiger charge is 2.41. The van der Waals surface area contributed by atoms with E-state index in [9.17, 15) is 9.18 Å². The molecular formula is C14H17FN4O2. The van der Waals surface area contributed by atoms with Gasteiger partial charge in [0.25, 0.3) is 0 Å². The van der Waals surface area contributed by atoms with Crippen molar-refractivity contribution in [1.29, 1.82) is 0 Å². The van der Waals surface area contributed by atoms with Crippen LogP contribution < -0.4 is 5.73 Å². The van der Waals surface area contributed by atoms with Crippen molar-refractivity contribution in [3.05, 3.63) is 47.5 Å². The number of carbonyl (C=O) groups excluding carboxylic acids is 1. The van der Waals surface area contributed by atoms with Crippen LogP contribution in [-0.4, -0.2) is 34.6 Å². The first kappa shape index (κ1) is 15.1. The number of nitrogens with zero attached hydrogens (tertiary/aromatic N) is 3. The van der Waals surface area contributed by atoms with Crippen LogP contribution in [0, 0.1) is 5.82 Å². The zero-order valence-electron chi connectivity index (χ0n) is 11.9. The first-order valence-electron chi connectivity index (χ1n) is 6.41. The van der Waals surface area contributed by atoms with E-state index in [2.05, 4.69) is 10.3 Å². The Kier molecular flexibility index (Phi) is 4.32. The van der Waals surface area contributed by atoms with Crippen molar-refractivity contribution in [1.82, 2.24) is 15.0 Å². The van der Waals surface area contributed by atoms with E-state index < -0.39 is 17.2 Å². The molecule has 1 atom stereocenters. The van der Waals surface area contributed by atoms with E-state index in [0.717, 1.165) is 0 Å². The number of benzene rings is 1. The number of halogens is 1. The second kappa shape index (κ2) is 6.01. The fraction of sp³-hybridized carbons (Fsp3) is 0.357. The molecule has 2 rings (SSSR count). The number of aryl methyl sites for hydroxylation is 1. The second-order valence-corrected chi connectivity index (χ2v) is 4.85. The van der Waals surface area contributed by atoms with Crippen LogP contribution in [0.5, 0.6) is 0 Å². The molecular weight excluding hydrogens is 275 g/mol. The van der Waals surface area contributed by atoms with E-state index >= 15 is 0 Å². The number of hydrogen-bond donors (Lipinski definition) is 1. The van der Waals surface area contributed by atoms with Crippen molar-refractivity contribution in [3.63, 3.8) is 0 Å². The summed E-state index contributed by atoms with van der Waals surface area (Å²) in [6, 6.07) is 5.79. The van der Waals surface area contributed by atoms with E-state index in [4.69, 9.17) is 10.5 Å². The molecule has 0 aliphatic rings. The molecule has 0 saturated heterocycles. The highest BCUT2D eigenvalue weighted by Crippen LogP contribution is 2.29. The van der Waals surface area contributed by atoms with Gasteiger partial charge in [-0.1, -0.05) is 17.3 Å². The molecule has 0 aliphatic carbocycles. The third-order valence-corrected chi connectivity index (χ3v) is 3.43. The molecule has 1 aromatic carbocycles. The van der Waals surface area contributed by atoms with E-state index in [1.54, 1.807) is 19.3 Å². The SMILES string of the molecule is COC(=O)C(CN)(Cc1cn(C)nn1)c1cccc(F)c1. The zero-order chi connectivity index (χ0) is 15.5. The van der Waals surface area contributed by atoms with Crippen LogP contribution in [0.3, 0.4) is 0 Å². The topological polar surface area (TPSA) is 83.0 Å². The summed E-state index contributed by atoms with van der Waals surface area (Å²) in [7, 11) is 3.00. The molecule has 0 radical (unpaired) electrons. The Morgan fingerprint density at radius 3 is 2.81 bits per heavy atom. The second-order valence-electron chi connectivity index (χ2n) is 4.85. The van der Waals surface area contributed by atoms with Gasteiger partial charge in [-0.05, 0) is 17.7 Å². The number of rotatable bonds is 5. The quantitative estimate of drug-likeness (QED) is 0.814.